The van der Waals surface area contributed by atoms with Crippen molar-refractivity contribution in [1.29, 1.82) is 0 Å². The van der Waals surface area contributed by atoms with Crippen molar-refractivity contribution in [1.82, 2.24) is 20.3 Å². The minimum absolute atomic E-state index is 0.366. The molecule has 2 fully saturated rings. The largest absolute Gasteiger partial charge is 0.378 e. The molecule has 9 nitrogen and oxygen atoms in total. The summed E-state index contributed by atoms with van der Waals surface area (Å²) in [5, 5.41) is 11.1. The number of rotatable bonds is 6. The molecular weight excluding hydrogens is 472 g/mol. The fraction of sp³-hybridized carbons (Fsp3) is 0.615. The fourth-order valence-electron chi connectivity index (χ4n) is 5.37. The number of hydrogen-bond acceptors (Lipinski definition) is 8. The lowest BCUT2D eigenvalue weighted by atomic mass is 9.91. The number of thiocarbonyl (C=S) groups is 1. The Morgan fingerprint density at radius 1 is 1.03 bits per heavy atom. The van der Waals surface area contributed by atoms with Gasteiger partial charge in [-0.3, -0.25) is 0 Å². The van der Waals surface area contributed by atoms with Crippen LogP contribution in [0.3, 0.4) is 0 Å². The van der Waals surface area contributed by atoms with Gasteiger partial charge in [0.05, 0.1) is 30.8 Å². The first-order valence-corrected chi connectivity index (χ1v) is 13.7. The molecule has 5 rings (SSSR count). The summed E-state index contributed by atoms with van der Waals surface area (Å²) in [6.07, 6.45) is 10.7. The molecule has 10 heteroatoms. The molecule has 2 aliphatic carbocycles. The van der Waals surface area contributed by atoms with E-state index in [1.807, 2.05) is 18.3 Å². The molecule has 0 bridgehead atoms. The maximum atomic E-state index is 5.59. The van der Waals surface area contributed by atoms with Crippen LogP contribution in [0.4, 0.5) is 23.3 Å². The lowest BCUT2D eigenvalue weighted by Gasteiger charge is -2.31. The number of nitrogens with zero attached hydrogens (tertiary/aromatic N) is 5. The van der Waals surface area contributed by atoms with Gasteiger partial charge in [0.2, 0.25) is 5.95 Å². The lowest BCUT2D eigenvalue weighted by Crippen LogP contribution is -2.42. The molecule has 1 saturated carbocycles. The maximum Gasteiger partial charge on any atom is 0.225 e. The zero-order valence-corrected chi connectivity index (χ0v) is 22.2. The summed E-state index contributed by atoms with van der Waals surface area (Å²) >= 11 is 5.59. The highest BCUT2D eigenvalue weighted by Gasteiger charge is 2.24. The number of hydrogen-bond donors (Lipinski definition) is 3. The van der Waals surface area contributed by atoms with Crippen LogP contribution in [0.5, 0.6) is 0 Å². The van der Waals surface area contributed by atoms with Crippen LogP contribution in [-0.4, -0.2) is 72.5 Å². The Morgan fingerprint density at radius 2 is 1.78 bits per heavy atom. The van der Waals surface area contributed by atoms with Crippen LogP contribution in [0, 0.1) is 0 Å². The smallest absolute Gasteiger partial charge is 0.225 e. The molecule has 3 N–H and O–H groups in total. The third-order valence-corrected chi connectivity index (χ3v) is 7.54. The van der Waals surface area contributed by atoms with Gasteiger partial charge in [-0.1, -0.05) is 0 Å². The van der Waals surface area contributed by atoms with E-state index in [9.17, 15) is 0 Å². The number of aryl methyl sites for hydroxylation is 1. The van der Waals surface area contributed by atoms with E-state index in [-0.39, 0.29) is 0 Å². The van der Waals surface area contributed by atoms with Gasteiger partial charge in [-0.15, -0.1) is 0 Å². The van der Waals surface area contributed by atoms with Crippen LogP contribution in [0.2, 0.25) is 0 Å². The van der Waals surface area contributed by atoms with Crippen LogP contribution in [0.1, 0.15) is 49.8 Å². The fourth-order valence-corrected chi connectivity index (χ4v) is 5.65. The highest BCUT2D eigenvalue weighted by molar-refractivity contribution is 7.80. The van der Waals surface area contributed by atoms with Crippen molar-refractivity contribution in [2.24, 2.45) is 0 Å². The molecule has 194 valence electrons. The number of pyridine rings is 1. The number of ether oxygens (including phenoxy) is 1. The first-order chi connectivity index (χ1) is 17.5. The molecule has 0 aromatic carbocycles. The lowest BCUT2D eigenvalue weighted by molar-refractivity contribution is 0.122. The molecule has 0 unspecified atom stereocenters. The van der Waals surface area contributed by atoms with E-state index in [1.165, 1.54) is 24.1 Å². The topological polar surface area (TPSA) is 90.5 Å². The molecule has 3 heterocycles. The van der Waals surface area contributed by atoms with E-state index in [2.05, 4.69) is 44.8 Å². The average molecular weight is 511 g/mol. The molecule has 0 spiro atoms. The summed E-state index contributed by atoms with van der Waals surface area (Å²) in [7, 11) is 4.15. The summed E-state index contributed by atoms with van der Waals surface area (Å²) in [6, 6.07) is 4.83. The molecule has 0 atom stereocenters. The Labute approximate surface area is 219 Å². The number of anilines is 4. The molecule has 36 heavy (non-hydrogen) atoms. The molecule has 2 aromatic heterocycles. The maximum absolute atomic E-state index is 5.59. The van der Waals surface area contributed by atoms with E-state index in [4.69, 9.17) is 26.9 Å². The van der Waals surface area contributed by atoms with E-state index < -0.39 is 0 Å². The second-order valence-electron chi connectivity index (χ2n) is 10.2. The Bertz CT molecular complexity index is 1030. The molecule has 2 aromatic rings. The summed E-state index contributed by atoms with van der Waals surface area (Å²) in [5.41, 5.74) is 3.46. The standard InChI is InChI=1S/C26H38N8OS/c1-33(2)24-21-5-3-4-6-22(21)31-25(32-24)28-18-7-9-19(10-8-18)29-26(36)30-20-11-12-23(27-17-20)34-13-15-35-16-14-34/h11-12,17-19H,3-10,13-16H2,1-2H3,(H,28,31,32)(H2,29,30,36)/t18-,19+. The van der Waals surface area contributed by atoms with E-state index in [0.717, 1.165) is 88.1 Å². The Balaban J connectivity index is 1.09. The Morgan fingerprint density at radius 3 is 2.50 bits per heavy atom. The molecule has 0 amide bonds. The number of morpholine rings is 1. The monoisotopic (exact) mass is 510 g/mol. The Kier molecular flexibility index (Phi) is 8.01. The van der Waals surface area contributed by atoms with Crippen molar-refractivity contribution in [3.05, 3.63) is 29.6 Å². The quantitative estimate of drug-likeness (QED) is 0.503. The van der Waals surface area contributed by atoms with E-state index in [1.54, 1.807) is 0 Å². The highest BCUT2D eigenvalue weighted by Crippen LogP contribution is 2.29. The minimum Gasteiger partial charge on any atom is -0.378 e. The van der Waals surface area contributed by atoms with Gasteiger partial charge in [-0.2, -0.15) is 4.98 Å². The third kappa shape index (κ3) is 6.15. The van der Waals surface area contributed by atoms with Crippen LogP contribution >= 0.6 is 12.2 Å². The van der Waals surface area contributed by atoms with Crippen molar-refractivity contribution in [2.45, 2.75) is 63.5 Å². The highest BCUT2D eigenvalue weighted by atomic mass is 32.1. The predicted molar refractivity (Wildman–Crippen MR) is 149 cm³/mol. The van der Waals surface area contributed by atoms with Crippen molar-refractivity contribution in [3.8, 4) is 0 Å². The van der Waals surface area contributed by atoms with Crippen LogP contribution in [0.25, 0.3) is 0 Å². The summed E-state index contributed by atoms with van der Waals surface area (Å²) in [6.45, 7) is 3.27. The van der Waals surface area contributed by atoms with Gasteiger partial charge >= 0.3 is 0 Å². The van der Waals surface area contributed by atoms with Crippen LogP contribution < -0.4 is 25.8 Å². The van der Waals surface area contributed by atoms with Crippen molar-refractivity contribution in [3.63, 3.8) is 0 Å². The van der Waals surface area contributed by atoms with Gasteiger partial charge in [0.1, 0.15) is 11.6 Å². The van der Waals surface area contributed by atoms with Gasteiger partial charge in [0.15, 0.2) is 5.11 Å². The summed E-state index contributed by atoms with van der Waals surface area (Å²) in [4.78, 5) is 18.7. The van der Waals surface area contributed by atoms with E-state index in [0.29, 0.717) is 17.2 Å². The number of aromatic nitrogens is 3. The number of fused-ring (bicyclic) bond motifs is 1. The predicted octanol–water partition coefficient (Wildman–Crippen LogP) is 3.36. The second kappa shape index (κ2) is 11.6. The zero-order valence-electron chi connectivity index (χ0n) is 21.4. The second-order valence-corrected chi connectivity index (χ2v) is 10.6. The molecule has 3 aliphatic rings. The average Bonchev–Trinajstić information content (AvgIpc) is 2.90. The van der Waals surface area contributed by atoms with Gasteiger partial charge in [-0.25, -0.2) is 9.97 Å². The molecule has 1 aliphatic heterocycles. The molecular formula is C26H38N8OS. The van der Waals surface area contributed by atoms with Gasteiger partial charge in [-0.05, 0) is 75.7 Å². The van der Waals surface area contributed by atoms with Crippen LogP contribution in [0.15, 0.2) is 18.3 Å². The molecule has 0 radical (unpaired) electrons. The van der Waals surface area contributed by atoms with Gasteiger partial charge in [0, 0.05) is 44.8 Å². The summed E-state index contributed by atoms with van der Waals surface area (Å²) < 4.78 is 5.42. The SMILES string of the molecule is CN(C)c1nc(N[C@H]2CC[C@@H](NC(=S)Nc3ccc(N4CCOCC4)nc3)CC2)nc2c1CCCC2. The first-order valence-electron chi connectivity index (χ1n) is 13.2. The summed E-state index contributed by atoms with van der Waals surface area (Å²) in [5.74, 6) is 2.83. The van der Waals surface area contributed by atoms with Gasteiger partial charge in [0.25, 0.3) is 0 Å². The number of nitrogens with one attached hydrogen (secondary N) is 3. The zero-order chi connectivity index (χ0) is 24.9. The Hall–Kier alpha value is -2.72. The van der Waals surface area contributed by atoms with Crippen molar-refractivity contribution >= 4 is 40.6 Å². The van der Waals surface area contributed by atoms with Gasteiger partial charge < -0.3 is 30.5 Å². The normalized spacial score (nSPS) is 21.9. The van der Waals surface area contributed by atoms with Crippen molar-refractivity contribution in [2.75, 3.05) is 60.8 Å². The third-order valence-electron chi connectivity index (χ3n) is 7.32. The minimum atomic E-state index is 0.366. The van der Waals surface area contributed by atoms with Crippen LogP contribution in [-0.2, 0) is 17.6 Å². The molecule has 1 saturated heterocycles. The van der Waals surface area contributed by atoms with E-state index >= 15 is 0 Å². The first kappa shape index (κ1) is 25.0. The van der Waals surface area contributed by atoms with Crippen molar-refractivity contribution < 1.29 is 4.74 Å².